The van der Waals surface area contributed by atoms with E-state index in [0.29, 0.717) is 17.3 Å². The second-order valence-corrected chi connectivity index (χ2v) is 8.20. The number of Topliss-reactive ketones (excluding diaryl/α,β-unsaturated/α-hetero) is 1. The summed E-state index contributed by atoms with van der Waals surface area (Å²) >= 11 is 0. The zero-order valence-electron chi connectivity index (χ0n) is 19.9. The van der Waals surface area contributed by atoms with Crippen molar-refractivity contribution in [2.45, 2.75) is 19.4 Å². The van der Waals surface area contributed by atoms with Gasteiger partial charge in [0.05, 0.1) is 35.4 Å². The summed E-state index contributed by atoms with van der Waals surface area (Å²) in [4.78, 5) is 41.8. The molecule has 9 heteroatoms. The highest BCUT2D eigenvalue weighted by molar-refractivity contribution is 6.06. The molecule has 9 nitrogen and oxygen atoms in total. The van der Waals surface area contributed by atoms with Gasteiger partial charge in [-0.3, -0.25) is 14.4 Å². The lowest BCUT2D eigenvalue weighted by atomic mass is 10.1. The van der Waals surface area contributed by atoms with E-state index >= 15 is 0 Å². The number of furan rings is 1. The lowest BCUT2D eigenvalue weighted by Crippen LogP contribution is -2.27. The number of hydrogen-bond donors (Lipinski definition) is 2. The standard InChI is InChI=1S/C27H25N5O4/c1-31-22-11-5-6-12-23(22)32(2)27(31)20(16-28)24(33)13-14-25(34)30-21-10-4-3-9-19(21)26(35)29-17-18-8-7-15-36-18/h3-12,15H,13-14,17H2,1-2H3,(H,29,35)(H,30,34). The van der Waals surface area contributed by atoms with E-state index in [2.05, 4.69) is 10.6 Å². The second kappa shape index (κ2) is 10.6. The van der Waals surface area contributed by atoms with Crippen LogP contribution in [0, 0.1) is 11.3 Å². The highest BCUT2D eigenvalue weighted by Crippen LogP contribution is 2.40. The molecule has 4 rings (SSSR count). The van der Waals surface area contributed by atoms with E-state index in [-0.39, 0.29) is 36.4 Å². The Labute approximate surface area is 208 Å². The summed E-state index contributed by atoms with van der Waals surface area (Å²) in [6.45, 7) is 0.209. The molecule has 2 aromatic carbocycles. The van der Waals surface area contributed by atoms with Gasteiger partial charge in [-0.05, 0) is 36.4 Å². The number of amides is 2. The third kappa shape index (κ3) is 4.98. The Morgan fingerprint density at radius 2 is 1.58 bits per heavy atom. The molecule has 1 aromatic heterocycles. The van der Waals surface area contributed by atoms with Crippen LogP contribution in [-0.2, 0) is 16.1 Å². The van der Waals surface area contributed by atoms with Gasteiger partial charge in [-0.1, -0.05) is 24.3 Å². The first-order valence-corrected chi connectivity index (χ1v) is 11.3. The summed E-state index contributed by atoms with van der Waals surface area (Å²) in [6.07, 6.45) is 1.23. The van der Waals surface area contributed by atoms with Crippen molar-refractivity contribution in [2.75, 3.05) is 29.2 Å². The number of carbonyl (C=O) groups is 3. The lowest BCUT2D eigenvalue weighted by molar-refractivity contribution is -0.120. The zero-order valence-corrected chi connectivity index (χ0v) is 19.9. The lowest BCUT2D eigenvalue weighted by Gasteiger charge is -2.19. The molecule has 2 amide bonds. The highest BCUT2D eigenvalue weighted by atomic mass is 16.3. The fraction of sp³-hybridized carbons (Fsp3) is 0.185. The first-order chi connectivity index (χ1) is 17.4. The number of hydrogen-bond acceptors (Lipinski definition) is 7. The highest BCUT2D eigenvalue weighted by Gasteiger charge is 2.31. The molecule has 2 N–H and O–H groups in total. The maximum Gasteiger partial charge on any atom is 0.253 e. The molecule has 0 atom stereocenters. The number of anilines is 3. The van der Waals surface area contributed by atoms with E-state index in [1.807, 2.05) is 30.3 Å². The van der Waals surface area contributed by atoms with Crippen molar-refractivity contribution in [1.29, 1.82) is 5.26 Å². The summed E-state index contributed by atoms with van der Waals surface area (Å²) in [5.74, 6) is -0.163. The van der Waals surface area contributed by atoms with Crippen LogP contribution in [0.15, 0.2) is 82.7 Å². The van der Waals surface area contributed by atoms with Crippen molar-refractivity contribution in [2.24, 2.45) is 0 Å². The number of allylic oxidation sites excluding steroid dienone is 1. The molecule has 0 fully saturated rings. The van der Waals surface area contributed by atoms with E-state index in [1.165, 1.54) is 6.26 Å². The molecule has 1 aliphatic heterocycles. The van der Waals surface area contributed by atoms with Crippen LogP contribution in [0.4, 0.5) is 17.1 Å². The first kappa shape index (κ1) is 24.3. The molecule has 0 radical (unpaired) electrons. The van der Waals surface area contributed by atoms with E-state index in [1.54, 1.807) is 60.3 Å². The van der Waals surface area contributed by atoms with E-state index in [9.17, 15) is 19.6 Å². The summed E-state index contributed by atoms with van der Waals surface area (Å²) in [5.41, 5.74) is 2.37. The second-order valence-electron chi connectivity index (χ2n) is 8.20. The number of nitrogens with one attached hydrogen (secondary N) is 2. The van der Waals surface area contributed by atoms with Crippen LogP contribution in [-0.4, -0.2) is 31.7 Å². The van der Waals surface area contributed by atoms with Gasteiger partial charge < -0.3 is 24.9 Å². The fourth-order valence-electron chi connectivity index (χ4n) is 4.09. The van der Waals surface area contributed by atoms with Crippen LogP contribution >= 0.6 is 0 Å². The number of benzene rings is 2. The maximum atomic E-state index is 12.9. The van der Waals surface area contributed by atoms with Crippen molar-refractivity contribution in [1.82, 2.24) is 5.32 Å². The smallest absolute Gasteiger partial charge is 0.253 e. The third-order valence-electron chi connectivity index (χ3n) is 5.88. The molecule has 1 aliphatic rings. The largest absolute Gasteiger partial charge is 0.467 e. The molecular weight excluding hydrogens is 458 g/mol. The minimum Gasteiger partial charge on any atom is -0.467 e. The van der Waals surface area contributed by atoms with Crippen LogP contribution in [0.5, 0.6) is 0 Å². The molecule has 182 valence electrons. The quantitative estimate of drug-likeness (QED) is 0.369. The maximum absolute atomic E-state index is 12.9. The monoisotopic (exact) mass is 483 g/mol. The van der Waals surface area contributed by atoms with Gasteiger partial charge in [0, 0.05) is 26.9 Å². The van der Waals surface area contributed by atoms with Crippen LogP contribution in [0.2, 0.25) is 0 Å². The van der Waals surface area contributed by atoms with Gasteiger partial charge in [-0.25, -0.2) is 0 Å². The van der Waals surface area contributed by atoms with Gasteiger partial charge in [0.2, 0.25) is 5.91 Å². The Kier molecular flexibility index (Phi) is 7.16. The Morgan fingerprint density at radius 3 is 2.22 bits per heavy atom. The van der Waals surface area contributed by atoms with Gasteiger partial charge in [-0.15, -0.1) is 0 Å². The first-order valence-electron chi connectivity index (χ1n) is 11.3. The van der Waals surface area contributed by atoms with Crippen LogP contribution < -0.4 is 20.4 Å². The number of ketones is 1. The van der Waals surface area contributed by atoms with Crippen molar-refractivity contribution < 1.29 is 18.8 Å². The van der Waals surface area contributed by atoms with Crippen molar-refractivity contribution in [3.05, 3.63) is 89.6 Å². The Bertz CT molecular complexity index is 1340. The minimum absolute atomic E-state index is 0.0123. The Morgan fingerprint density at radius 1 is 0.917 bits per heavy atom. The number of rotatable bonds is 8. The molecule has 0 spiro atoms. The van der Waals surface area contributed by atoms with E-state index in [0.717, 1.165) is 11.4 Å². The SMILES string of the molecule is CN1C(=C(C#N)C(=O)CCC(=O)Nc2ccccc2C(=O)NCc2ccco2)N(C)c2ccccc21. The number of para-hydroxylation sites is 3. The topological polar surface area (TPSA) is 119 Å². The minimum atomic E-state index is -0.437. The third-order valence-corrected chi connectivity index (χ3v) is 5.88. The summed E-state index contributed by atoms with van der Waals surface area (Å²) in [5, 5.41) is 15.2. The normalized spacial score (nSPS) is 12.1. The van der Waals surface area contributed by atoms with Crippen LogP contribution in [0.3, 0.4) is 0 Å². The number of nitrogens with zero attached hydrogens (tertiary/aromatic N) is 3. The van der Waals surface area contributed by atoms with Gasteiger partial charge in [-0.2, -0.15) is 5.26 Å². The van der Waals surface area contributed by atoms with Crippen LogP contribution in [0.25, 0.3) is 0 Å². The fourth-order valence-corrected chi connectivity index (χ4v) is 4.09. The summed E-state index contributed by atoms with van der Waals surface area (Å²) < 4.78 is 5.22. The van der Waals surface area contributed by atoms with E-state index < -0.39 is 11.7 Å². The molecule has 0 aliphatic carbocycles. The molecule has 3 aromatic rings. The Hall–Kier alpha value is -4.84. The summed E-state index contributed by atoms with van der Waals surface area (Å²) in [6, 6.07) is 19.7. The molecular formula is C27H25N5O4. The number of fused-ring (bicyclic) bond motifs is 1. The average molecular weight is 484 g/mol. The van der Waals surface area contributed by atoms with Crippen LogP contribution in [0.1, 0.15) is 29.0 Å². The van der Waals surface area contributed by atoms with E-state index in [4.69, 9.17) is 4.42 Å². The molecule has 0 bridgehead atoms. The molecule has 0 unspecified atom stereocenters. The molecule has 36 heavy (non-hydrogen) atoms. The molecule has 0 saturated heterocycles. The number of nitriles is 1. The van der Waals surface area contributed by atoms with Crippen molar-refractivity contribution in [3.63, 3.8) is 0 Å². The predicted molar refractivity (Wildman–Crippen MR) is 135 cm³/mol. The average Bonchev–Trinajstić information content (AvgIpc) is 3.50. The summed E-state index contributed by atoms with van der Waals surface area (Å²) in [7, 11) is 3.59. The molecule has 2 heterocycles. The zero-order chi connectivity index (χ0) is 25.7. The van der Waals surface area contributed by atoms with Crippen molar-refractivity contribution >= 4 is 34.7 Å². The predicted octanol–water partition coefficient (Wildman–Crippen LogP) is 3.82. The number of carbonyl (C=O) groups excluding carboxylic acids is 3. The van der Waals surface area contributed by atoms with Gasteiger partial charge >= 0.3 is 0 Å². The Balaban J connectivity index is 1.40. The van der Waals surface area contributed by atoms with Crippen molar-refractivity contribution in [3.8, 4) is 6.07 Å². The van der Waals surface area contributed by atoms with Gasteiger partial charge in [0.1, 0.15) is 23.2 Å². The van der Waals surface area contributed by atoms with Gasteiger partial charge in [0.15, 0.2) is 5.78 Å². The van der Waals surface area contributed by atoms with Gasteiger partial charge in [0.25, 0.3) is 5.91 Å². The molecule has 0 saturated carbocycles.